The van der Waals surface area contributed by atoms with Crippen LogP contribution in [-0.4, -0.2) is 30.6 Å². The summed E-state index contributed by atoms with van der Waals surface area (Å²) >= 11 is 0. The lowest BCUT2D eigenvalue weighted by Crippen LogP contribution is -2.29. The minimum atomic E-state index is -0.185. The highest BCUT2D eigenvalue weighted by Gasteiger charge is 2.13. The van der Waals surface area contributed by atoms with Crippen LogP contribution in [0.1, 0.15) is 11.1 Å². The van der Waals surface area contributed by atoms with Crippen LogP contribution in [0, 0.1) is 6.92 Å². The summed E-state index contributed by atoms with van der Waals surface area (Å²) in [6, 6.07) is 7.56. The quantitative estimate of drug-likeness (QED) is 0.871. The van der Waals surface area contributed by atoms with E-state index in [9.17, 15) is 4.79 Å². The van der Waals surface area contributed by atoms with Gasteiger partial charge in [-0.3, -0.25) is 4.79 Å². The van der Waals surface area contributed by atoms with Crippen LogP contribution in [0.3, 0.4) is 0 Å². The predicted molar refractivity (Wildman–Crippen MR) is 85.0 cm³/mol. The van der Waals surface area contributed by atoms with Crippen LogP contribution in [0.5, 0.6) is 5.75 Å². The molecule has 0 aliphatic rings. The number of methoxy groups -OCH3 is 2. The lowest BCUT2D eigenvalue weighted by molar-refractivity contribution is 0.182. The standard InChI is InChI=1S/C16H21N3O3/c1-11-4-5-15(22-3)13(8-11)14-9-12(10-17)16(20)19(18-14)6-7-21-2/h4-5,8-9H,6-7,10,17H2,1-3H3. The third-order valence-corrected chi connectivity index (χ3v) is 3.41. The second kappa shape index (κ2) is 7.20. The molecule has 0 radical (unpaired) electrons. The van der Waals surface area contributed by atoms with E-state index in [2.05, 4.69) is 5.10 Å². The highest BCUT2D eigenvalue weighted by molar-refractivity contribution is 5.68. The summed E-state index contributed by atoms with van der Waals surface area (Å²) in [6.07, 6.45) is 0. The van der Waals surface area contributed by atoms with E-state index in [1.54, 1.807) is 20.3 Å². The van der Waals surface area contributed by atoms with Gasteiger partial charge in [-0.25, -0.2) is 4.68 Å². The van der Waals surface area contributed by atoms with E-state index in [1.165, 1.54) is 4.68 Å². The summed E-state index contributed by atoms with van der Waals surface area (Å²) in [6.45, 7) is 2.94. The molecule has 2 aromatic rings. The molecule has 0 amide bonds. The molecule has 2 rings (SSSR count). The zero-order chi connectivity index (χ0) is 16.1. The van der Waals surface area contributed by atoms with Crippen LogP contribution in [0.4, 0.5) is 0 Å². The number of hydrogen-bond donors (Lipinski definition) is 1. The van der Waals surface area contributed by atoms with E-state index in [0.29, 0.717) is 30.2 Å². The van der Waals surface area contributed by atoms with Crippen LogP contribution < -0.4 is 16.0 Å². The van der Waals surface area contributed by atoms with Gasteiger partial charge in [-0.2, -0.15) is 5.10 Å². The molecule has 118 valence electrons. The van der Waals surface area contributed by atoms with Gasteiger partial charge in [0.2, 0.25) is 0 Å². The summed E-state index contributed by atoms with van der Waals surface area (Å²) in [5.41, 5.74) is 8.61. The van der Waals surface area contributed by atoms with Crippen molar-refractivity contribution < 1.29 is 9.47 Å². The largest absolute Gasteiger partial charge is 0.496 e. The normalized spacial score (nSPS) is 10.7. The number of nitrogens with two attached hydrogens (primary N) is 1. The molecular formula is C16H21N3O3. The predicted octanol–water partition coefficient (Wildman–Crippen LogP) is 1.33. The van der Waals surface area contributed by atoms with Crippen molar-refractivity contribution in [1.82, 2.24) is 9.78 Å². The highest BCUT2D eigenvalue weighted by atomic mass is 16.5. The third-order valence-electron chi connectivity index (χ3n) is 3.41. The van der Waals surface area contributed by atoms with E-state index in [-0.39, 0.29) is 12.1 Å². The number of nitrogens with zero attached hydrogens (tertiary/aromatic N) is 2. The van der Waals surface area contributed by atoms with Crippen LogP contribution >= 0.6 is 0 Å². The Kier molecular flexibility index (Phi) is 5.30. The van der Waals surface area contributed by atoms with Gasteiger partial charge in [0, 0.05) is 24.8 Å². The highest BCUT2D eigenvalue weighted by Crippen LogP contribution is 2.29. The zero-order valence-electron chi connectivity index (χ0n) is 13.1. The Balaban J connectivity index is 2.60. The average Bonchev–Trinajstić information content (AvgIpc) is 2.53. The first-order valence-electron chi connectivity index (χ1n) is 7.05. The first kappa shape index (κ1) is 16.2. The van der Waals surface area contributed by atoms with Gasteiger partial charge in [-0.1, -0.05) is 11.6 Å². The minimum absolute atomic E-state index is 0.162. The van der Waals surface area contributed by atoms with Crippen molar-refractivity contribution in [3.8, 4) is 17.0 Å². The number of hydrogen-bond acceptors (Lipinski definition) is 5. The van der Waals surface area contributed by atoms with E-state index < -0.39 is 0 Å². The molecule has 0 bridgehead atoms. The number of rotatable bonds is 6. The van der Waals surface area contributed by atoms with Crippen LogP contribution in [-0.2, 0) is 17.8 Å². The molecule has 0 aliphatic heterocycles. The van der Waals surface area contributed by atoms with Gasteiger partial charge in [0.1, 0.15) is 5.75 Å². The Labute approximate surface area is 129 Å². The smallest absolute Gasteiger partial charge is 0.271 e. The Hall–Kier alpha value is -2.18. The number of aryl methyl sites for hydroxylation is 1. The molecule has 0 atom stereocenters. The fourth-order valence-electron chi connectivity index (χ4n) is 2.23. The second-order valence-electron chi connectivity index (χ2n) is 4.98. The molecule has 0 saturated carbocycles. The van der Waals surface area contributed by atoms with Crippen molar-refractivity contribution in [3.05, 3.63) is 45.7 Å². The van der Waals surface area contributed by atoms with Crippen LogP contribution in [0.25, 0.3) is 11.3 Å². The number of ether oxygens (including phenoxy) is 2. The molecule has 1 heterocycles. The lowest BCUT2D eigenvalue weighted by atomic mass is 10.1. The Morgan fingerprint density at radius 1 is 1.27 bits per heavy atom. The second-order valence-corrected chi connectivity index (χ2v) is 4.98. The van der Waals surface area contributed by atoms with Gasteiger partial charge in [0.25, 0.3) is 5.56 Å². The number of aromatic nitrogens is 2. The first-order valence-corrected chi connectivity index (χ1v) is 7.05. The van der Waals surface area contributed by atoms with Crippen molar-refractivity contribution in [2.45, 2.75) is 20.0 Å². The summed E-state index contributed by atoms with van der Waals surface area (Å²) in [7, 11) is 3.20. The average molecular weight is 303 g/mol. The summed E-state index contributed by atoms with van der Waals surface area (Å²) in [5.74, 6) is 0.706. The Morgan fingerprint density at radius 3 is 2.68 bits per heavy atom. The molecule has 1 aromatic carbocycles. The molecule has 0 fully saturated rings. The molecular weight excluding hydrogens is 282 g/mol. The van der Waals surface area contributed by atoms with Crippen molar-refractivity contribution in [1.29, 1.82) is 0 Å². The molecule has 1 aromatic heterocycles. The summed E-state index contributed by atoms with van der Waals surface area (Å²) in [4.78, 5) is 12.2. The fourth-order valence-corrected chi connectivity index (χ4v) is 2.23. The van der Waals surface area contributed by atoms with E-state index in [4.69, 9.17) is 15.2 Å². The molecule has 0 saturated heterocycles. The summed E-state index contributed by atoms with van der Waals surface area (Å²) < 4.78 is 11.8. The Bertz CT molecular complexity index is 710. The third kappa shape index (κ3) is 3.35. The van der Waals surface area contributed by atoms with Gasteiger partial charge >= 0.3 is 0 Å². The van der Waals surface area contributed by atoms with Gasteiger partial charge in [0.15, 0.2) is 0 Å². The molecule has 2 N–H and O–H groups in total. The van der Waals surface area contributed by atoms with Gasteiger partial charge in [0.05, 0.1) is 26.0 Å². The molecule has 0 spiro atoms. The molecule has 0 aliphatic carbocycles. The van der Waals surface area contributed by atoms with Crippen molar-refractivity contribution in [2.75, 3.05) is 20.8 Å². The molecule has 0 unspecified atom stereocenters. The van der Waals surface area contributed by atoms with Crippen molar-refractivity contribution in [2.24, 2.45) is 5.73 Å². The molecule has 22 heavy (non-hydrogen) atoms. The fraction of sp³-hybridized carbons (Fsp3) is 0.375. The van der Waals surface area contributed by atoms with E-state index in [0.717, 1.165) is 11.1 Å². The SMILES string of the molecule is COCCn1nc(-c2cc(C)ccc2OC)cc(CN)c1=O. The van der Waals surface area contributed by atoms with Gasteiger partial charge < -0.3 is 15.2 Å². The van der Waals surface area contributed by atoms with E-state index in [1.807, 2.05) is 25.1 Å². The van der Waals surface area contributed by atoms with Gasteiger partial charge in [-0.15, -0.1) is 0 Å². The van der Waals surface area contributed by atoms with Gasteiger partial charge in [-0.05, 0) is 25.1 Å². The zero-order valence-corrected chi connectivity index (χ0v) is 13.1. The van der Waals surface area contributed by atoms with Crippen LogP contribution in [0.15, 0.2) is 29.1 Å². The lowest BCUT2D eigenvalue weighted by Gasteiger charge is -2.12. The maximum atomic E-state index is 12.2. The van der Waals surface area contributed by atoms with Crippen molar-refractivity contribution in [3.63, 3.8) is 0 Å². The maximum absolute atomic E-state index is 12.2. The van der Waals surface area contributed by atoms with Crippen molar-refractivity contribution >= 4 is 0 Å². The minimum Gasteiger partial charge on any atom is -0.496 e. The summed E-state index contributed by atoms with van der Waals surface area (Å²) in [5, 5.41) is 4.43. The first-order chi connectivity index (χ1) is 10.6. The molecule has 6 heteroatoms. The topological polar surface area (TPSA) is 79.4 Å². The maximum Gasteiger partial charge on any atom is 0.271 e. The van der Waals surface area contributed by atoms with Crippen LogP contribution in [0.2, 0.25) is 0 Å². The number of benzene rings is 1. The molecule has 6 nitrogen and oxygen atoms in total. The van der Waals surface area contributed by atoms with E-state index >= 15 is 0 Å². The monoisotopic (exact) mass is 303 g/mol. The Morgan fingerprint density at radius 2 is 2.05 bits per heavy atom.